The molecule has 0 bridgehead atoms. The SMILES string of the molecule is CCN=CC(C)(CC)OOC(C)(C=NCC)CC. The van der Waals surface area contributed by atoms with Gasteiger partial charge >= 0.3 is 0 Å². The lowest BCUT2D eigenvalue weighted by Gasteiger charge is -2.29. The Labute approximate surface area is 111 Å². The van der Waals surface area contributed by atoms with Crippen LogP contribution in [-0.4, -0.2) is 36.7 Å². The summed E-state index contributed by atoms with van der Waals surface area (Å²) >= 11 is 0. The van der Waals surface area contributed by atoms with Gasteiger partial charge in [-0.05, 0) is 40.5 Å². The standard InChI is InChI=1S/C14H28N2O2/c1-7-13(5,11-15-9-3)17-18-14(6,8-2)12-16-10-4/h11-12H,7-10H2,1-6H3. The first-order valence-corrected chi connectivity index (χ1v) is 6.84. The second-order valence-corrected chi connectivity index (χ2v) is 4.75. The third kappa shape index (κ3) is 6.26. The first kappa shape index (κ1) is 17.3. The maximum absolute atomic E-state index is 5.59. The van der Waals surface area contributed by atoms with Gasteiger partial charge in [-0.2, -0.15) is 0 Å². The lowest BCUT2D eigenvalue weighted by Crippen LogP contribution is -2.38. The van der Waals surface area contributed by atoms with Crippen LogP contribution in [0, 0.1) is 0 Å². The van der Waals surface area contributed by atoms with Crippen molar-refractivity contribution in [2.75, 3.05) is 13.1 Å². The molecular weight excluding hydrogens is 228 g/mol. The maximum Gasteiger partial charge on any atom is 0.135 e. The molecular formula is C14H28N2O2. The molecule has 0 aromatic heterocycles. The molecule has 0 rings (SSSR count). The van der Waals surface area contributed by atoms with Crippen LogP contribution in [0.3, 0.4) is 0 Å². The van der Waals surface area contributed by atoms with Crippen molar-refractivity contribution in [3.05, 3.63) is 0 Å². The molecule has 0 amide bonds. The molecule has 0 radical (unpaired) electrons. The van der Waals surface area contributed by atoms with Gasteiger partial charge in [-0.25, -0.2) is 9.78 Å². The maximum atomic E-state index is 5.59. The van der Waals surface area contributed by atoms with Crippen molar-refractivity contribution in [3.63, 3.8) is 0 Å². The van der Waals surface area contributed by atoms with Crippen LogP contribution in [0.15, 0.2) is 9.98 Å². The predicted octanol–water partition coefficient (Wildman–Crippen LogP) is 3.45. The normalized spacial score (nSPS) is 19.2. The quantitative estimate of drug-likeness (QED) is 0.360. The predicted molar refractivity (Wildman–Crippen MR) is 77.6 cm³/mol. The third-order valence-corrected chi connectivity index (χ3v) is 2.92. The van der Waals surface area contributed by atoms with Gasteiger partial charge in [-0.15, -0.1) is 0 Å². The van der Waals surface area contributed by atoms with Crippen LogP contribution in [-0.2, 0) is 9.78 Å². The molecule has 2 unspecified atom stereocenters. The van der Waals surface area contributed by atoms with Gasteiger partial charge in [0, 0.05) is 25.5 Å². The van der Waals surface area contributed by atoms with Gasteiger partial charge in [0.05, 0.1) is 0 Å². The van der Waals surface area contributed by atoms with Crippen LogP contribution >= 0.6 is 0 Å². The lowest BCUT2D eigenvalue weighted by molar-refractivity contribution is -0.375. The summed E-state index contributed by atoms with van der Waals surface area (Å²) in [6.45, 7) is 13.5. The van der Waals surface area contributed by atoms with Crippen molar-refractivity contribution >= 4 is 12.4 Å². The molecule has 18 heavy (non-hydrogen) atoms. The summed E-state index contributed by atoms with van der Waals surface area (Å²) in [5.41, 5.74) is -0.959. The zero-order chi connectivity index (χ0) is 14.1. The zero-order valence-electron chi connectivity index (χ0n) is 12.7. The smallest absolute Gasteiger partial charge is 0.135 e. The molecule has 2 atom stereocenters. The fourth-order valence-electron chi connectivity index (χ4n) is 1.10. The minimum Gasteiger partial charge on any atom is -0.295 e. The van der Waals surface area contributed by atoms with Crippen LogP contribution in [0.1, 0.15) is 54.4 Å². The summed E-state index contributed by atoms with van der Waals surface area (Å²) in [5, 5.41) is 0. The van der Waals surface area contributed by atoms with E-state index in [0.29, 0.717) is 0 Å². The molecule has 0 aliphatic rings. The molecule has 0 heterocycles. The van der Waals surface area contributed by atoms with Crippen molar-refractivity contribution in [2.45, 2.75) is 65.6 Å². The van der Waals surface area contributed by atoms with Crippen LogP contribution in [0.5, 0.6) is 0 Å². The van der Waals surface area contributed by atoms with E-state index in [0.717, 1.165) is 25.9 Å². The Hall–Kier alpha value is -0.740. The van der Waals surface area contributed by atoms with Gasteiger partial charge in [0.25, 0.3) is 0 Å². The summed E-state index contributed by atoms with van der Waals surface area (Å²) in [5.74, 6) is 0. The Morgan fingerprint density at radius 3 is 1.33 bits per heavy atom. The third-order valence-electron chi connectivity index (χ3n) is 2.92. The van der Waals surface area contributed by atoms with Crippen LogP contribution in [0.25, 0.3) is 0 Å². The van der Waals surface area contributed by atoms with Crippen molar-refractivity contribution in [2.24, 2.45) is 9.98 Å². The highest BCUT2D eigenvalue weighted by molar-refractivity contribution is 5.69. The molecule has 4 heteroatoms. The fraction of sp³-hybridized carbons (Fsp3) is 0.857. The van der Waals surface area contributed by atoms with Crippen molar-refractivity contribution < 1.29 is 9.78 Å². The van der Waals surface area contributed by atoms with E-state index in [9.17, 15) is 0 Å². The van der Waals surface area contributed by atoms with Crippen molar-refractivity contribution in [1.29, 1.82) is 0 Å². The number of hydrogen-bond acceptors (Lipinski definition) is 4. The molecule has 0 saturated heterocycles. The van der Waals surface area contributed by atoms with Gasteiger partial charge in [0.1, 0.15) is 11.2 Å². The lowest BCUT2D eigenvalue weighted by atomic mass is 10.1. The molecule has 0 spiro atoms. The van der Waals surface area contributed by atoms with E-state index in [1.165, 1.54) is 0 Å². The van der Waals surface area contributed by atoms with Gasteiger partial charge in [-0.1, -0.05) is 13.8 Å². The topological polar surface area (TPSA) is 43.2 Å². The molecule has 0 N–H and O–H groups in total. The average Bonchev–Trinajstić information content (AvgIpc) is 2.40. The monoisotopic (exact) mass is 256 g/mol. The minimum atomic E-state index is -0.480. The van der Waals surface area contributed by atoms with Crippen molar-refractivity contribution in [1.82, 2.24) is 0 Å². The Bertz CT molecular complexity index is 251. The molecule has 0 saturated carbocycles. The molecule has 0 fully saturated rings. The Kier molecular flexibility index (Phi) is 8.03. The number of aliphatic imine (C=N–C) groups is 2. The molecule has 4 nitrogen and oxygen atoms in total. The van der Waals surface area contributed by atoms with Gasteiger partial charge in [0.2, 0.25) is 0 Å². The summed E-state index contributed by atoms with van der Waals surface area (Å²) in [6.07, 6.45) is 5.25. The van der Waals surface area contributed by atoms with E-state index in [-0.39, 0.29) is 0 Å². The molecule has 0 aromatic carbocycles. The van der Waals surface area contributed by atoms with E-state index >= 15 is 0 Å². The van der Waals surface area contributed by atoms with E-state index in [1.54, 1.807) is 0 Å². The second kappa shape index (κ2) is 8.38. The van der Waals surface area contributed by atoms with Gasteiger partial charge < -0.3 is 0 Å². The molecule has 106 valence electrons. The summed E-state index contributed by atoms with van der Waals surface area (Å²) in [7, 11) is 0. The van der Waals surface area contributed by atoms with E-state index < -0.39 is 11.2 Å². The first-order valence-electron chi connectivity index (χ1n) is 6.84. The number of hydrogen-bond donors (Lipinski definition) is 0. The van der Waals surface area contributed by atoms with E-state index in [1.807, 2.05) is 40.1 Å². The first-order chi connectivity index (χ1) is 8.45. The van der Waals surface area contributed by atoms with Crippen molar-refractivity contribution in [3.8, 4) is 0 Å². The van der Waals surface area contributed by atoms with Gasteiger partial charge in [-0.3, -0.25) is 9.98 Å². The zero-order valence-corrected chi connectivity index (χ0v) is 12.7. The van der Waals surface area contributed by atoms with E-state index in [4.69, 9.17) is 9.78 Å². The van der Waals surface area contributed by atoms with E-state index in [2.05, 4.69) is 23.8 Å². The Balaban J connectivity index is 4.58. The van der Waals surface area contributed by atoms with Crippen LogP contribution in [0.2, 0.25) is 0 Å². The van der Waals surface area contributed by atoms with Gasteiger partial charge in [0.15, 0.2) is 0 Å². The second-order valence-electron chi connectivity index (χ2n) is 4.75. The highest BCUT2D eigenvalue weighted by Crippen LogP contribution is 2.20. The van der Waals surface area contributed by atoms with Crippen LogP contribution in [0.4, 0.5) is 0 Å². The van der Waals surface area contributed by atoms with Crippen LogP contribution < -0.4 is 0 Å². The molecule has 0 aliphatic carbocycles. The summed E-state index contributed by atoms with van der Waals surface area (Å²) in [6, 6.07) is 0. The molecule has 0 aromatic rings. The highest BCUT2D eigenvalue weighted by Gasteiger charge is 2.28. The summed E-state index contributed by atoms with van der Waals surface area (Å²) in [4.78, 5) is 19.7. The minimum absolute atomic E-state index is 0.480. The highest BCUT2D eigenvalue weighted by atomic mass is 17.2. The molecule has 0 aliphatic heterocycles. The number of rotatable bonds is 9. The fourth-order valence-corrected chi connectivity index (χ4v) is 1.10. The Morgan fingerprint density at radius 2 is 1.11 bits per heavy atom. The average molecular weight is 256 g/mol. The largest absolute Gasteiger partial charge is 0.295 e. The number of nitrogens with zero attached hydrogens (tertiary/aromatic N) is 2. The Morgan fingerprint density at radius 1 is 0.778 bits per heavy atom. The summed E-state index contributed by atoms with van der Waals surface area (Å²) < 4.78 is 0.